The van der Waals surface area contributed by atoms with E-state index in [0.717, 1.165) is 19.3 Å². The van der Waals surface area contributed by atoms with Crippen molar-refractivity contribution in [3.05, 3.63) is 0 Å². The predicted octanol–water partition coefficient (Wildman–Crippen LogP) is 1.83. The lowest BCUT2D eigenvalue weighted by Gasteiger charge is -2.34. The van der Waals surface area contributed by atoms with Crippen molar-refractivity contribution >= 4 is 17.9 Å². The SMILES string of the molecule is CCCCCCCCCC(=O)OC(COCCC(C(=O)[O-])[N+](C)(C)C)COC(C)=O. The van der Waals surface area contributed by atoms with Gasteiger partial charge in [-0.05, 0) is 6.42 Å². The zero-order valence-corrected chi connectivity index (χ0v) is 19.4. The molecular formula is C22H41NO7. The molecule has 2 atom stereocenters. The molecule has 0 rings (SSSR count). The van der Waals surface area contributed by atoms with Crippen LogP contribution in [0.5, 0.6) is 0 Å². The lowest BCUT2D eigenvalue weighted by atomic mass is 10.1. The summed E-state index contributed by atoms with van der Waals surface area (Å²) in [6.45, 7) is 3.58. The average molecular weight is 432 g/mol. The molecule has 0 aliphatic carbocycles. The van der Waals surface area contributed by atoms with Gasteiger partial charge in [0.05, 0.1) is 40.3 Å². The molecule has 0 N–H and O–H groups in total. The van der Waals surface area contributed by atoms with Gasteiger partial charge in [-0.2, -0.15) is 0 Å². The van der Waals surface area contributed by atoms with Gasteiger partial charge in [-0.25, -0.2) is 0 Å². The Morgan fingerprint density at radius 1 is 0.933 bits per heavy atom. The van der Waals surface area contributed by atoms with Gasteiger partial charge < -0.3 is 28.6 Å². The number of nitrogens with zero attached hydrogens (tertiary/aromatic N) is 1. The molecule has 0 aromatic rings. The number of carbonyl (C=O) groups is 3. The van der Waals surface area contributed by atoms with Crippen LogP contribution in [-0.2, 0) is 28.6 Å². The molecule has 0 amide bonds. The molecular weight excluding hydrogens is 390 g/mol. The summed E-state index contributed by atoms with van der Waals surface area (Å²) >= 11 is 0. The maximum atomic E-state index is 12.1. The maximum Gasteiger partial charge on any atom is 0.306 e. The van der Waals surface area contributed by atoms with Crippen molar-refractivity contribution < 1.29 is 38.2 Å². The lowest BCUT2D eigenvalue weighted by Crippen LogP contribution is -2.55. The average Bonchev–Trinajstić information content (AvgIpc) is 2.63. The van der Waals surface area contributed by atoms with E-state index in [4.69, 9.17) is 14.2 Å². The molecule has 0 saturated carbocycles. The molecule has 0 aromatic carbocycles. The van der Waals surface area contributed by atoms with E-state index in [1.807, 2.05) is 0 Å². The minimum Gasteiger partial charge on any atom is -0.544 e. The minimum atomic E-state index is -1.14. The van der Waals surface area contributed by atoms with E-state index in [-0.39, 0.29) is 36.7 Å². The molecule has 8 nitrogen and oxygen atoms in total. The Balaban J connectivity index is 4.31. The third kappa shape index (κ3) is 15.2. The van der Waals surface area contributed by atoms with Gasteiger partial charge in [-0.1, -0.05) is 45.4 Å². The molecule has 176 valence electrons. The Morgan fingerprint density at radius 2 is 1.53 bits per heavy atom. The van der Waals surface area contributed by atoms with Gasteiger partial charge >= 0.3 is 11.9 Å². The lowest BCUT2D eigenvalue weighted by molar-refractivity contribution is -0.889. The van der Waals surface area contributed by atoms with Crippen LogP contribution in [-0.4, -0.2) is 75.5 Å². The molecule has 0 bridgehead atoms. The van der Waals surface area contributed by atoms with Crippen LogP contribution >= 0.6 is 0 Å². The molecule has 0 radical (unpaired) electrons. The Morgan fingerprint density at radius 3 is 2.07 bits per heavy atom. The van der Waals surface area contributed by atoms with Crippen molar-refractivity contribution in [1.29, 1.82) is 0 Å². The summed E-state index contributed by atoms with van der Waals surface area (Å²) < 4.78 is 16.1. The van der Waals surface area contributed by atoms with Gasteiger partial charge in [0.25, 0.3) is 0 Å². The number of likely N-dealkylation sites (N-methyl/N-ethyl adjacent to an activating group) is 1. The molecule has 0 aliphatic heterocycles. The van der Waals surface area contributed by atoms with Gasteiger partial charge in [-0.3, -0.25) is 9.59 Å². The highest BCUT2D eigenvalue weighted by atomic mass is 16.6. The largest absolute Gasteiger partial charge is 0.544 e. The van der Waals surface area contributed by atoms with Crippen LogP contribution in [0.1, 0.15) is 71.6 Å². The quantitative estimate of drug-likeness (QED) is 0.185. The fourth-order valence-corrected chi connectivity index (χ4v) is 3.03. The standard InChI is InChI=1S/C22H41NO7/c1-6-7-8-9-10-11-12-13-21(25)30-19(17-29-18(2)24)16-28-15-14-20(22(26)27)23(3,4)5/h19-20H,6-17H2,1-5H3. The van der Waals surface area contributed by atoms with Crippen molar-refractivity contribution in [2.75, 3.05) is 41.0 Å². The molecule has 0 fully saturated rings. The molecule has 0 aromatic heterocycles. The Labute approximate surface area is 181 Å². The number of carboxylic acid groups (broad SMARTS) is 1. The Hall–Kier alpha value is -1.67. The van der Waals surface area contributed by atoms with Crippen molar-refractivity contribution in [2.24, 2.45) is 0 Å². The number of quaternary nitrogens is 1. The third-order valence-corrected chi connectivity index (χ3v) is 4.80. The zero-order chi connectivity index (χ0) is 23.0. The molecule has 0 spiro atoms. The van der Waals surface area contributed by atoms with Gasteiger partial charge in [-0.15, -0.1) is 0 Å². The number of hydrogen-bond donors (Lipinski definition) is 0. The van der Waals surface area contributed by atoms with Crippen LogP contribution in [0.4, 0.5) is 0 Å². The molecule has 0 saturated heterocycles. The molecule has 30 heavy (non-hydrogen) atoms. The Bertz CT molecular complexity index is 502. The monoisotopic (exact) mass is 431 g/mol. The highest BCUT2D eigenvalue weighted by Gasteiger charge is 2.25. The minimum absolute atomic E-state index is 0.0347. The maximum absolute atomic E-state index is 12.1. The van der Waals surface area contributed by atoms with E-state index in [1.54, 1.807) is 21.1 Å². The number of unbranched alkanes of at least 4 members (excludes halogenated alkanes) is 6. The van der Waals surface area contributed by atoms with Crippen molar-refractivity contribution in [1.82, 2.24) is 0 Å². The molecule has 0 heterocycles. The van der Waals surface area contributed by atoms with E-state index in [2.05, 4.69) is 6.92 Å². The third-order valence-electron chi connectivity index (χ3n) is 4.80. The van der Waals surface area contributed by atoms with E-state index < -0.39 is 24.1 Å². The number of carboxylic acids is 1. The van der Waals surface area contributed by atoms with Crippen LogP contribution in [0.15, 0.2) is 0 Å². The van der Waals surface area contributed by atoms with Crippen molar-refractivity contribution in [3.63, 3.8) is 0 Å². The van der Waals surface area contributed by atoms with E-state index in [0.29, 0.717) is 6.42 Å². The van der Waals surface area contributed by atoms with Crippen molar-refractivity contribution in [3.8, 4) is 0 Å². The smallest absolute Gasteiger partial charge is 0.306 e. The number of rotatable bonds is 18. The van der Waals surface area contributed by atoms with E-state index in [1.165, 1.54) is 32.6 Å². The van der Waals surface area contributed by atoms with Gasteiger partial charge in [0.1, 0.15) is 12.6 Å². The van der Waals surface area contributed by atoms with Crippen LogP contribution in [0.2, 0.25) is 0 Å². The first-order valence-corrected chi connectivity index (χ1v) is 11.0. The first-order valence-electron chi connectivity index (χ1n) is 11.0. The second-order valence-electron chi connectivity index (χ2n) is 8.60. The normalized spacial score (nSPS) is 13.5. The number of carbonyl (C=O) groups excluding carboxylic acids is 3. The number of hydrogen-bond acceptors (Lipinski definition) is 7. The predicted molar refractivity (Wildman–Crippen MR) is 111 cm³/mol. The summed E-state index contributed by atoms with van der Waals surface area (Å²) in [6.07, 6.45) is 7.61. The fourth-order valence-electron chi connectivity index (χ4n) is 3.03. The van der Waals surface area contributed by atoms with Crippen LogP contribution in [0, 0.1) is 0 Å². The number of esters is 2. The van der Waals surface area contributed by atoms with Crippen LogP contribution in [0.3, 0.4) is 0 Å². The summed E-state index contributed by atoms with van der Waals surface area (Å²) in [5.41, 5.74) is 0. The summed E-state index contributed by atoms with van der Waals surface area (Å²) in [6, 6.07) is -0.711. The number of aliphatic carboxylic acids is 1. The Kier molecular flexibility index (Phi) is 15.2. The van der Waals surface area contributed by atoms with Crippen molar-refractivity contribution in [2.45, 2.75) is 83.8 Å². The second kappa shape index (κ2) is 16.1. The van der Waals surface area contributed by atoms with E-state index >= 15 is 0 Å². The van der Waals surface area contributed by atoms with E-state index in [9.17, 15) is 19.5 Å². The highest BCUT2D eigenvalue weighted by molar-refractivity contribution is 5.70. The summed E-state index contributed by atoms with van der Waals surface area (Å²) in [5, 5.41) is 11.3. The van der Waals surface area contributed by atoms with Crippen LogP contribution in [0.25, 0.3) is 0 Å². The second-order valence-corrected chi connectivity index (χ2v) is 8.60. The van der Waals surface area contributed by atoms with Gasteiger partial charge in [0, 0.05) is 19.8 Å². The van der Waals surface area contributed by atoms with Gasteiger partial charge in [0.15, 0.2) is 6.10 Å². The summed E-state index contributed by atoms with van der Waals surface area (Å²) in [5.74, 6) is -1.95. The first-order chi connectivity index (χ1) is 14.1. The van der Waals surface area contributed by atoms with Gasteiger partial charge in [0.2, 0.25) is 0 Å². The highest BCUT2D eigenvalue weighted by Crippen LogP contribution is 2.10. The fraction of sp³-hybridized carbons (Fsp3) is 0.864. The zero-order valence-electron chi connectivity index (χ0n) is 19.4. The molecule has 0 aliphatic rings. The molecule has 2 unspecified atom stereocenters. The molecule has 8 heteroatoms. The first kappa shape index (κ1) is 28.3. The van der Waals surface area contributed by atoms with Crippen LogP contribution < -0.4 is 5.11 Å². The summed E-state index contributed by atoms with van der Waals surface area (Å²) in [4.78, 5) is 34.5. The number of ether oxygens (including phenoxy) is 3. The topological polar surface area (TPSA) is 102 Å². The summed E-state index contributed by atoms with van der Waals surface area (Å²) in [7, 11) is 5.32.